The zero-order chi connectivity index (χ0) is 10.5. The summed E-state index contributed by atoms with van der Waals surface area (Å²) in [6.07, 6.45) is 3.62. The van der Waals surface area contributed by atoms with Crippen LogP contribution in [0.25, 0.3) is 0 Å². The van der Waals surface area contributed by atoms with Crippen LogP contribution in [0.1, 0.15) is 34.1 Å². The SMILES string of the molecule is CCC(/C=C/C(=O)C(C)(C)C)=N\O. The van der Waals surface area contributed by atoms with Gasteiger partial charge in [-0.05, 0) is 18.6 Å². The van der Waals surface area contributed by atoms with Crippen LogP contribution in [0.2, 0.25) is 0 Å². The lowest BCUT2D eigenvalue weighted by Gasteiger charge is -2.12. The van der Waals surface area contributed by atoms with E-state index in [9.17, 15) is 4.79 Å². The Morgan fingerprint density at radius 1 is 1.38 bits per heavy atom. The lowest BCUT2D eigenvalue weighted by atomic mass is 9.90. The number of hydrogen-bond acceptors (Lipinski definition) is 3. The molecule has 0 aromatic heterocycles. The molecule has 0 aromatic carbocycles. The largest absolute Gasteiger partial charge is 0.411 e. The van der Waals surface area contributed by atoms with Gasteiger partial charge >= 0.3 is 0 Å². The second-order valence-corrected chi connectivity index (χ2v) is 3.89. The minimum atomic E-state index is -0.370. The molecule has 74 valence electrons. The molecule has 0 aliphatic heterocycles. The maximum Gasteiger partial charge on any atom is 0.161 e. The maximum atomic E-state index is 11.4. The fraction of sp³-hybridized carbons (Fsp3) is 0.600. The highest BCUT2D eigenvalue weighted by Gasteiger charge is 2.17. The van der Waals surface area contributed by atoms with Crippen LogP contribution >= 0.6 is 0 Å². The first-order valence-corrected chi connectivity index (χ1v) is 4.35. The Labute approximate surface area is 79.1 Å². The molecule has 0 bridgehead atoms. The van der Waals surface area contributed by atoms with Crippen molar-refractivity contribution in [2.75, 3.05) is 0 Å². The molecule has 0 spiro atoms. The summed E-state index contributed by atoms with van der Waals surface area (Å²) in [6, 6.07) is 0. The van der Waals surface area contributed by atoms with Crippen molar-refractivity contribution in [2.24, 2.45) is 10.6 Å². The molecule has 0 radical (unpaired) electrons. The molecule has 3 nitrogen and oxygen atoms in total. The van der Waals surface area contributed by atoms with Crippen LogP contribution in [0.3, 0.4) is 0 Å². The number of oxime groups is 1. The van der Waals surface area contributed by atoms with E-state index >= 15 is 0 Å². The lowest BCUT2D eigenvalue weighted by Crippen LogP contribution is -2.17. The first-order valence-electron chi connectivity index (χ1n) is 4.35. The average Bonchev–Trinajstić information content (AvgIpc) is 2.04. The Morgan fingerprint density at radius 3 is 2.23 bits per heavy atom. The van der Waals surface area contributed by atoms with Gasteiger partial charge in [0.15, 0.2) is 5.78 Å². The topological polar surface area (TPSA) is 49.7 Å². The number of hydrogen-bond donors (Lipinski definition) is 1. The summed E-state index contributed by atoms with van der Waals surface area (Å²) in [5.41, 5.74) is 0.141. The molecule has 0 aliphatic rings. The highest BCUT2D eigenvalue weighted by atomic mass is 16.4. The molecule has 13 heavy (non-hydrogen) atoms. The van der Waals surface area contributed by atoms with Gasteiger partial charge in [0, 0.05) is 5.41 Å². The fourth-order valence-corrected chi connectivity index (χ4v) is 0.644. The molecule has 0 unspecified atom stereocenters. The number of carbonyl (C=O) groups is 1. The maximum absolute atomic E-state index is 11.4. The lowest BCUT2D eigenvalue weighted by molar-refractivity contribution is -0.121. The third-order valence-electron chi connectivity index (χ3n) is 1.66. The Kier molecular flexibility index (Phi) is 4.38. The zero-order valence-corrected chi connectivity index (χ0v) is 8.66. The van der Waals surface area contributed by atoms with Crippen LogP contribution in [-0.4, -0.2) is 16.7 Å². The predicted molar refractivity (Wildman–Crippen MR) is 53.1 cm³/mol. The van der Waals surface area contributed by atoms with Gasteiger partial charge in [-0.15, -0.1) is 0 Å². The van der Waals surface area contributed by atoms with Gasteiger partial charge in [0.25, 0.3) is 0 Å². The van der Waals surface area contributed by atoms with Gasteiger partial charge < -0.3 is 5.21 Å². The standard InChI is InChI=1S/C10H17NO2/c1-5-8(11-13)6-7-9(12)10(2,3)4/h6-7,13H,5H2,1-4H3/b7-6+,11-8+. The van der Waals surface area contributed by atoms with Gasteiger partial charge in [0.05, 0.1) is 5.71 Å². The van der Waals surface area contributed by atoms with Gasteiger partial charge in [0.1, 0.15) is 0 Å². The Morgan fingerprint density at radius 2 is 1.92 bits per heavy atom. The summed E-state index contributed by atoms with van der Waals surface area (Å²) in [7, 11) is 0. The second kappa shape index (κ2) is 4.80. The van der Waals surface area contributed by atoms with Crippen molar-refractivity contribution in [1.29, 1.82) is 0 Å². The summed E-state index contributed by atoms with van der Waals surface area (Å²) in [5, 5.41) is 11.5. The van der Waals surface area contributed by atoms with Crippen molar-refractivity contribution in [3.63, 3.8) is 0 Å². The summed E-state index contributed by atoms with van der Waals surface area (Å²) in [5.74, 6) is 0.0297. The zero-order valence-electron chi connectivity index (χ0n) is 8.66. The summed E-state index contributed by atoms with van der Waals surface area (Å²) >= 11 is 0. The number of rotatable bonds is 3. The molecular weight excluding hydrogens is 166 g/mol. The highest BCUT2D eigenvalue weighted by molar-refractivity contribution is 6.02. The number of nitrogens with zero attached hydrogens (tertiary/aromatic N) is 1. The van der Waals surface area contributed by atoms with E-state index in [1.54, 1.807) is 6.08 Å². The Balaban J connectivity index is 4.37. The molecule has 0 rings (SSSR count). The van der Waals surface area contributed by atoms with Gasteiger partial charge in [-0.1, -0.05) is 32.9 Å². The molecule has 0 atom stereocenters. The van der Waals surface area contributed by atoms with E-state index in [0.29, 0.717) is 12.1 Å². The van der Waals surface area contributed by atoms with E-state index < -0.39 is 0 Å². The van der Waals surface area contributed by atoms with Crippen molar-refractivity contribution >= 4 is 11.5 Å². The minimum absolute atomic E-state index is 0.0297. The van der Waals surface area contributed by atoms with E-state index in [4.69, 9.17) is 5.21 Å². The third-order valence-corrected chi connectivity index (χ3v) is 1.66. The smallest absolute Gasteiger partial charge is 0.161 e. The molecule has 3 heteroatoms. The van der Waals surface area contributed by atoms with Gasteiger partial charge in [-0.3, -0.25) is 4.79 Å². The number of allylic oxidation sites excluding steroid dienone is 2. The molecule has 0 amide bonds. The normalized spacial score (nSPS) is 13.7. The molecule has 0 aliphatic carbocycles. The Bertz CT molecular complexity index is 234. The molecule has 0 fully saturated rings. The molecule has 0 saturated carbocycles. The van der Waals surface area contributed by atoms with Crippen LogP contribution in [-0.2, 0) is 4.79 Å². The van der Waals surface area contributed by atoms with E-state index in [-0.39, 0.29) is 11.2 Å². The fourth-order valence-electron chi connectivity index (χ4n) is 0.644. The second-order valence-electron chi connectivity index (χ2n) is 3.89. The first kappa shape index (κ1) is 11.9. The molecule has 0 heterocycles. The highest BCUT2D eigenvalue weighted by Crippen LogP contribution is 2.14. The molecular formula is C10H17NO2. The van der Waals surface area contributed by atoms with E-state index in [2.05, 4.69) is 5.16 Å². The number of carbonyl (C=O) groups excluding carboxylic acids is 1. The monoisotopic (exact) mass is 183 g/mol. The van der Waals surface area contributed by atoms with Crippen LogP contribution in [0, 0.1) is 5.41 Å². The third kappa shape index (κ3) is 4.45. The van der Waals surface area contributed by atoms with Gasteiger partial charge in [0.2, 0.25) is 0 Å². The first-order chi connectivity index (χ1) is 5.91. The van der Waals surface area contributed by atoms with E-state index in [0.717, 1.165) is 0 Å². The molecule has 1 N–H and O–H groups in total. The van der Waals surface area contributed by atoms with Crippen LogP contribution in [0.15, 0.2) is 17.3 Å². The van der Waals surface area contributed by atoms with Crippen LogP contribution < -0.4 is 0 Å². The molecule has 0 saturated heterocycles. The van der Waals surface area contributed by atoms with Crippen molar-refractivity contribution in [3.05, 3.63) is 12.2 Å². The van der Waals surface area contributed by atoms with Crippen LogP contribution in [0.5, 0.6) is 0 Å². The van der Waals surface area contributed by atoms with Crippen LogP contribution in [0.4, 0.5) is 0 Å². The molecule has 0 aromatic rings. The summed E-state index contributed by atoms with van der Waals surface area (Å²) < 4.78 is 0. The van der Waals surface area contributed by atoms with Crippen molar-refractivity contribution < 1.29 is 10.0 Å². The average molecular weight is 183 g/mol. The quantitative estimate of drug-likeness (QED) is 0.316. The predicted octanol–water partition coefficient (Wildman–Crippen LogP) is 2.40. The number of ketones is 1. The van der Waals surface area contributed by atoms with Gasteiger partial charge in [-0.2, -0.15) is 0 Å². The van der Waals surface area contributed by atoms with E-state index in [1.165, 1.54) is 6.08 Å². The summed E-state index contributed by atoms with van der Waals surface area (Å²) in [4.78, 5) is 11.4. The van der Waals surface area contributed by atoms with Crippen molar-refractivity contribution in [1.82, 2.24) is 0 Å². The van der Waals surface area contributed by atoms with Crippen molar-refractivity contribution in [3.8, 4) is 0 Å². The van der Waals surface area contributed by atoms with E-state index in [1.807, 2.05) is 27.7 Å². The van der Waals surface area contributed by atoms with Crippen molar-refractivity contribution in [2.45, 2.75) is 34.1 Å². The summed E-state index contributed by atoms with van der Waals surface area (Å²) in [6.45, 7) is 7.41. The van der Waals surface area contributed by atoms with Gasteiger partial charge in [-0.25, -0.2) is 0 Å². The minimum Gasteiger partial charge on any atom is -0.411 e. The Hall–Kier alpha value is -1.12.